The Kier molecular flexibility index (Phi) is 3.82. The van der Waals surface area contributed by atoms with Crippen molar-refractivity contribution in [2.45, 2.75) is 6.92 Å². The van der Waals surface area contributed by atoms with E-state index >= 15 is 0 Å². The van der Waals surface area contributed by atoms with Crippen LogP contribution in [0.3, 0.4) is 0 Å². The van der Waals surface area contributed by atoms with Gasteiger partial charge in [-0.1, -0.05) is 6.58 Å². The number of carbonyl (C=O) groups excluding carboxylic acids is 1. The number of aromatic nitrogens is 5. The van der Waals surface area contributed by atoms with E-state index in [9.17, 15) is 4.79 Å². The van der Waals surface area contributed by atoms with Crippen LogP contribution in [0.4, 0.5) is 11.8 Å². The summed E-state index contributed by atoms with van der Waals surface area (Å²) in [4.78, 5) is 23.4. The predicted octanol–water partition coefficient (Wildman–Crippen LogP) is 1.71. The van der Waals surface area contributed by atoms with Crippen molar-refractivity contribution in [3.8, 4) is 0 Å². The van der Waals surface area contributed by atoms with Crippen LogP contribution in [-0.2, 0) is 11.8 Å². The fourth-order valence-electron chi connectivity index (χ4n) is 2.23. The number of oxazole rings is 1. The van der Waals surface area contributed by atoms with Crippen molar-refractivity contribution in [3.63, 3.8) is 0 Å². The molecule has 3 aromatic heterocycles. The van der Waals surface area contributed by atoms with Gasteiger partial charge in [0, 0.05) is 14.0 Å². The van der Waals surface area contributed by atoms with Crippen LogP contribution in [0, 0.1) is 0 Å². The van der Waals surface area contributed by atoms with Crippen molar-refractivity contribution in [3.05, 3.63) is 30.1 Å². The summed E-state index contributed by atoms with van der Waals surface area (Å²) in [5.74, 6) is 0.498. The standard InChI is InChI=1S/C15H15N7O2/c1-4-11-9(20-15(24-11)19-8(2)23)5-6-10-12-13(16)17-7-18-14(12)22(3)21-10/h4-7H,1H2,2-3H3,(H2,16,17,18)(H,19,20,23). The number of amides is 1. The Morgan fingerprint density at radius 3 is 2.83 bits per heavy atom. The third-order valence-electron chi connectivity index (χ3n) is 3.23. The molecular weight excluding hydrogens is 310 g/mol. The Labute approximate surface area is 136 Å². The second-order valence-corrected chi connectivity index (χ2v) is 4.95. The number of nitrogens with two attached hydrogens (primary N) is 1. The van der Waals surface area contributed by atoms with Gasteiger partial charge >= 0.3 is 6.01 Å². The summed E-state index contributed by atoms with van der Waals surface area (Å²) in [5, 5.41) is 7.51. The number of hydrogen-bond donors (Lipinski definition) is 2. The highest BCUT2D eigenvalue weighted by molar-refractivity contribution is 5.94. The SMILES string of the molecule is C=Cc1oc(NC(C)=O)nc1C=Cc1nn(C)c2ncnc(N)c12. The fraction of sp³-hybridized carbons (Fsp3) is 0.133. The Bertz CT molecular complexity index is 968. The first kappa shape index (κ1) is 15.4. The molecule has 3 rings (SSSR count). The maximum absolute atomic E-state index is 11.1. The van der Waals surface area contributed by atoms with Crippen molar-refractivity contribution < 1.29 is 9.21 Å². The van der Waals surface area contributed by atoms with E-state index in [0.29, 0.717) is 34.0 Å². The minimum Gasteiger partial charge on any atom is -0.423 e. The summed E-state index contributed by atoms with van der Waals surface area (Å²) in [5.41, 5.74) is 7.65. The van der Waals surface area contributed by atoms with Crippen LogP contribution in [0.15, 0.2) is 17.3 Å². The zero-order valence-corrected chi connectivity index (χ0v) is 13.1. The van der Waals surface area contributed by atoms with Crippen molar-refractivity contribution in [1.82, 2.24) is 24.7 Å². The fourth-order valence-corrected chi connectivity index (χ4v) is 2.23. The first-order chi connectivity index (χ1) is 11.5. The lowest BCUT2D eigenvalue weighted by molar-refractivity contribution is -0.114. The van der Waals surface area contributed by atoms with Crippen LogP contribution in [0.5, 0.6) is 0 Å². The second kappa shape index (κ2) is 5.95. The van der Waals surface area contributed by atoms with Gasteiger partial charge in [-0.3, -0.25) is 10.1 Å². The molecule has 9 nitrogen and oxygen atoms in total. The van der Waals surface area contributed by atoms with Crippen LogP contribution >= 0.6 is 0 Å². The number of hydrogen-bond acceptors (Lipinski definition) is 7. The number of nitrogens with one attached hydrogen (secondary N) is 1. The van der Waals surface area contributed by atoms with E-state index in [1.165, 1.54) is 19.3 Å². The van der Waals surface area contributed by atoms with Crippen molar-refractivity contribution in [1.29, 1.82) is 0 Å². The smallest absolute Gasteiger partial charge is 0.302 e. The van der Waals surface area contributed by atoms with Crippen molar-refractivity contribution in [2.75, 3.05) is 11.1 Å². The van der Waals surface area contributed by atoms with Gasteiger partial charge in [0.15, 0.2) is 11.4 Å². The topological polar surface area (TPSA) is 125 Å². The molecule has 0 saturated heterocycles. The van der Waals surface area contributed by atoms with Crippen molar-refractivity contribution in [2.24, 2.45) is 7.05 Å². The van der Waals surface area contributed by atoms with Crippen LogP contribution in [0.25, 0.3) is 29.3 Å². The molecule has 0 saturated carbocycles. The summed E-state index contributed by atoms with van der Waals surface area (Å²) in [6.45, 7) is 5.04. The summed E-state index contributed by atoms with van der Waals surface area (Å²) in [6, 6.07) is 0.103. The molecule has 3 N–H and O–H groups in total. The first-order valence-corrected chi connectivity index (χ1v) is 7.01. The average Bonchev–Trinajstić information content (AvgIpc) is 3.06. The summed E-state index contributed by atoms with van der Waals surface area (Å²) >= 11 is 0. The Morgan fingerprint density at radius 1 is 1.38 bits per heavy atom. The van der Waals surface area contributed by atoms with Gasteiger partial charge in [0.2, 0.25) is 5.91 Å². The molecule has 0 aliphatic carbocycles. The number of fused-ring (bicyclic) bond motifs is 1. The number of nitrogen functional groups attached to an aromatic ring is 1. The molecule has 0 aromatic carbocycles. The van der Waals surface area contributed by atoms with Gasteiger partial charge in [0.1, 0.15) is 17.8 Å². The zero-order valence-electron chi connectivity index (χ0n) is 13.1. The number of rotatable bonds is 4. The number of aryl methyl sites for hydroxylation is 1. The molecular formula is C15H15N7O2. The van der Waals surface area contributed by atoms with Crippen LogP contribution in [0.1, 0.15) is 24.1 Å². The Morgan fingerprint density at radius 2 is 2.12 bits per heavy atom. The molecule has 0 radical (unpaired) electrons. The molecule has 0 unspecified atom stereocenters. The highest BCUT2D eigenvalue weighted by atomic mass is 16.4. The molecule has 3 aromatic rings. The second-order valence-electron chi connectivity index (χ2n) is 4.95. The summed E-state index contributed by atoms with van der Waals surface area (Å²) < 4.78 is 7.01. The maximum Gasteiger partial charge on any atom is 0.302 e. The quantitative estimate of drug-likeness (QED) is 0.748. The van der Waals surface area contributed by atoms with Crippen LogP contribution in [-0.4, -0.2) is 30.6 Å². The molecule has 24 heavy (non-hydrogen) atoms. The van der Waals surface area contributed by atoms with Crippen LogP contribution < -0.4 is 11.1 Å². The predicted molar refractivity (Wildman–Crippen MR) is 90.5 cm³/mol. The van der Waals surface area contributed by atoms with Gasteiger partial charge in [0.05, 0.1) is 11.1 Å². The highest BCUT2D eigenvalue weighted by Crippen LogP contribution is 2.24. The van der Waals surface area contributed by atoms with Gasteiger partial charge in [-0.25, -0.2) is 14.6 Å². The minimum absolute atomic E-state index is 0.103. The van der Waals surface area contributed by atoms with E-state index in [1.807, 2.05) is 0 Å². The van der Waals surface area contributed by atoms with E-state index in [1.54, 1.807) is 23.9 Å². The minimum atomic E-state index is -0.275. The lowest BCUT2D eigenvalue weighted by Crippen LogP contribution is -2.05. The largest absolute Gasteiger partial charge is 0.423 e. The van der Waals surface area contributed by atoms with E-state index in [-0.39, 0.29) is 11.9 Å². The highest BCUT2D eigenvalue weighted by Gasteiger charge is 2.13. The van der Waals surface area contributed by atoms with Gasteiger partial charge in [-0.05, 0) is 18.2 Å². The summed E-state index contributed by atoms with van der Waals surface area (Å²) in [7, 11) is 1.77. The average molecular weight is 325 g/mol. The summed E-state index contributed by atoms with van der Waals surface area (Å²) in [6.07, 6.45) is 6.32. The normalized spacial score (nSPS) is 11.2. The number of anilines is 2. The van der Waals surface area contributed by atoms with Gasteiger partial charge in [0.25, 0.3) is 0 Å². The molecule has 0 spiro atoms. The third kappa shape index (κ3) is 2.74. The lowest BCUT2D eigenvalue weighted by Gasteiger charge is -1.94. The molecule has 0 atom stereocenters. The third-order valence-corrected chi connectivity index (χ3v) is 3.23. The molecule has 0 fully saturated rings. The first-order valence-electron chi connectivity index (χ1n) is 7.01. The van der Waals surface area contributed by atoms with Gasteiger partial charge in [-0.15, -0.1) is 0 Å². The molecule has 0 bridgehead atoms. The maximum atomic E-state index is 11.1. The number of nitrogens with zero attached hydrogens (tertiary/aromatic N) is 5. The zero-order chi connectivity index (χ0) is 17.3. The van der Waals surface area contributed by atoms with Gasteiger partial charge in [-0.2, -0.15) is 10.1 Å². The van der Waals surface area contributed by atoms with E-state index in [2.05, 4.69) is 31.9 Å². The molecule has 0 aliphatic rings. The van der Waals surface area contributed by atoms with E-state index in [4.69, 9.17) is 10.2 Å². The molecule has 0 aliphatic heterocycles. The van der Waals surface area contributed by atoms with Crippen molar-refractivity contribution >= 4 is 47.0 Å². The lowest BCUT2D eigenvalue weighted by atomic mass is 10.2. The van der Waals surface area contributed by atoms with Gasteiger partial charge < -0.3 is 10.2 Å². The molecule has 1 amide bonds. The molecule has 3 heterocycles. The molecule has 122 valence electrons. The van der Waals surface area contributed by atoms with E-state index in [0.717, 1.165) is 0 Å². The Hall–Kier alpha value is -3.49. The molecule has 9 heteroatoms. The van der Waals surface area contributed by atoms with Crippen LogP contribution in [0.2, 0.25) is 0 Å². The van der Waals surface area contributed by atoms with E-state index < -0.39 is 0 Å². The Balaban J connectivity index is 2.01. The monoisotopic (exact) mass is 325 g/mol. The number of carbonyl (C=O) groups is 1.